The summed E-state index contributed by atoms with van der Waals surface area (Å²) in [5, 5.41) is 0. The van der Waals surface area contributed by atoms with Crippen molar-refractivity contribution in [2.24, 2.45) is 52.3 Å². The van der Waals surface area contributed by atoms with Gasteiger partial charge in [0.25, 0.3) is 0 Å². The maximum Gasteiger partial charge on any atom is -0.00851 e. The van der Waals surface area contributed by atoms with Crippen LogP contribution in [0.5, 0.6) is 0 Å². The molecule has 28 heavy (non-hydrogen) atoms. The van der Waals surface area contributed by atoms with E-state index in [1.165, 1.54) is 70.6 Å². The van der Waals surface area contributed by atoms with E-state index in [-0.39, 0.29) is 0 Å². The Morgan fingerprint density at radius 3 is 2.50 bits per heavy atom. The van der Waals surface area contributed by atoms with Crippen LogP contribution in [0.15, 0.2) is 11.6 Å². The summed E-state index contributed by atoms with van der Waals surface area (Å²) in [6.45, 7) is 15.3. The molecule has 2 unspecified atom stereocenters. The van der Waals surface area contributed by atoms with E-state index in [0.29, 0.717) is 10.8 Å². The second-order valence-electron chi connectivity index (χ2n) is 12.6. The average Bonchev–Trinajstić information content (AvgIpc) is 2.99. The van der Waals surface area contributed by atoms with Crippen LogP contribution in [0.25, 0.3) is 0 Å². The molecule has 0 heterocycles. The molecule has 0 aromatic rings. The van der Waals surface area contributed by atoms with Gasteiger partial charge in [0, 0.05) is 0 Å². The molecule has 0 amide bonds. The molecule has 0 aliphatic heterocycles. The maximum absolute atomic E-state index is 2.75. The molecule has 0 nitrogen and oxygen atoms in total. The molecule has 4 rings (SSSR count). The highest BCUT2D eigenvalue weighted by atomic mass is 14.6. The van der Waals surface area contributed by atoms with Crippen molar-refractivity contribution in [1.29, 1.82) is 0 Å². The van der Waals surface area contributed by atoms with E-state index in [4.69, 9.17) is 0 Å². The van der Waals surface area contributed by atoms with Crippen molar-refractivity contribution in [3.05, 3.63) is 11.6 Å². The molecule has 0 heteroatoms. The molecule has 0 saturated heterocycles. The topological polar surface area (TPSA) is 0 Å². The third-order valence-corrected chi connectivity index (χ3v) is 10.6. The fourth-order valence-corrected chi connectivity index (χ4v) is 8.87. The third-order valence-electron chi connectivity index (χ3n) is 10.6. The van der Waals surface area contributed by atoms with E-state index < -0.39 is 0 Å². The Hall–Kier alpha value is -0.260. The first-order chi connectivity index (χ1) is 13.3. The second kappa shape index (κ2) is 7.77. The standard InChI is InChI=1S/C28H48/c1-19(2)8-7-9-21(4)24-12-13-25-23-11-10-22-18-20(3)14-16-27(22,5)26(23)15-17-28(24,25)6/h10,19-21,23-26H,7-9,11-18H2,1-6H3/t20-,21+,23-,24?,25?,26-,27-,28+/m0/s1. The molecule has 4 aliphatic carbocycles. The van der Waals surface area contributed by atoms with E-state index in [1.807, 2.05) is 5.57 Å². The van der Waals surface area contributed by atoms with Gasteiger partial charge in [0.05, 0.1) is 0 Å². The predicted octanol–water partition coefficient (Wildman–Crippen LogP) is 8.66. The molecule has 3 fully saturated rings. The van der Waals surface area contributed by atoms with E-state index in [9.17, 15) is 0 Å². The lowest BCUT2D eigenvalue weighted by Crippen LogP contribution is -2.50. The highest BCUT2D eigenvalue weighted by Gasteiger charge is 2.58. The summed E-state index contributed by atoms with van der Waals surface area (Å²) >= 11 is 0. The Labute approximate surface area is 176 Å². The van der Waals surface area contributed by atoms with Crippen LogP contribution in [-0.4, -0.2) is 0 Å². The summed E-state index contributed by atoms with van der Waals surface area (Å²) in [5.74, 6) is 6.73. The summed E-state index contributed by atoms with van der Waals surface area (Å²) in [5.41, 5.74) is 3.06. The van der Waals surface area contributed by atoms with Gasteiger partial charge in [0.1, 0.15) is 0 Å². The highest BCUT2D eigenvalue weighted by molar-refractivity contribution is 5.25. The van der Waals surface area contributed by atoms with Crippen LogP contribution in [0.1, 0.15) is 112 Å². The lowest BCUT2D eigenvalue weighted by molar-refractivity contribution is -0.0523. The van der Waals surface area contributed by atoms with Crippen LogP contribution in [0.3, 0.4) is 0 Å². The minimum absolute atomic E-state index is 0.553. The first-order valence-electron chi connectivity index (χ1n) is 12.9. The summed E-state index contributed by atoms with van der Waals surface area (Å²) in [6.07, 6.45) is 19.0. The fourth-order valence-electron chi connectivity index (χ4n) is 8.87. The molecule has 0 bridgehead atoms. The van der Waals surface area contributed by atoms with Gasteiger partial charge in [-0.1, -0.05) is 72.5 Å². The van der Waals surface area contributed by atoms with Crippen molar-refractivity contribution in [2.45, 2.75) is 112 Å². The van der Waals surface area contributed by atoms with Crippen LogP contribution in [0, 0.1) is 52.3 Å². The van der Waals surface area contributed by atoms with Crippen molar-refractivity contribution in [2.75, 3.05) is 0 Å². The molecule has 0 spiro atoms. The number of hydrogen-bond donors (Lipinski definition) is 0. The van der Waals surface area contributed by atoms with Crippen LogP contribution in [0.2, 0.25) is 0 Å². The Morgan fingerprint density at radius 1 is 0.964 bits per heavy atom. The lowest BCUT2D eigenvalue weighted by Gasteiger charge is -2.58. The van der Waals surface area contributed by atoms with Crippen LogP contribution >= 0.6 is 0 Å². The quantitative estimate of drug-likeness (QED) is 0.416. The first-order valence-corrected chi connectivity index (χ1v) is 12.9. The molecule has 0 radical (unpaired) electrons. The molecule has 160 valence electrons. The van der Waals surface area contributed by atoms with Crippen molar-refractivity contribution in [1.82, 2.24) is 0 Å². The van der Waals surface area contributed by atoms with E-state index in [0.717, 1.165) is 41.4 Å². The van der Waals surface area contributed by atoms with Crippen molar-refractivity contribution < 1.29 is 0 Å². The Morgan fingerprint density at radius 2 is 1.75 bits per heavy atom. The van der Waals surface area contributed by atoms with Gasteiger partial charge in [0.2, 0.25) is 0 Å². The van der Waals surface area contributed by atoms with Gasteiger partial charge in [-0.15, -0.1) is 0 Å². The highest BCUT2D eigenvalue weighted by Crippen LogP contribution is 2.67. The SMILES string of the molecule is CC(C)CCC[C@@H](C)C1CCC2[C@@H]3CC=C4C[C@@H](C)CC[C@]4(C)[C@H]3CC[C@]12C. The fraction of sp³-hybridized carbons (Fsp3) is 0.929. The molecule has 4 aliphatic rings. The van der Waals surface area contributed by atoms with Gasteiger partial charge in [-0.3, -0.25) is 0 Å². The minimum atomic E-state index is 0.553. The number of allylic oxidation sites excluding steroid dienone is 2. The number of hydrogen-bond acceptors (Lipinski definition) is 0. The zero-order chi connectivity index (χ0) is 20.1. The Bertz CT molecular complexity index is 585. The number of fused-ring (bicyclic) bond motifs is 5. The average molecular weight is 385 g/mol. The van der Waals surface area contributed by atoms with Crippen molar-refractivity contribution in [3.8, 4) is 0 Å². The van der Waals surface area contributed by atoms with E-state index >= 15 is 0 Å². The van der Waals surface area contributed by atoms with Crippen molar-refractivity contribution >= 4 is 0 Å². The molecular weight excluding hydrogens is 336 g/mol. The normalized spacial score (nSPS) is 46.5. The van der Waals surface area contributed by atoms with Gasteiger partial charge in [-0.25, -0.2) is 0 Å². The van der Waals surface area contributed by atoms with E-state index in [1.54, 1.807) is 0 Å². The summed E-state index contributed by atoms with van der Waals surface area (Å²) in [7, 11) is 0. The molecule has 0 aromatic heterocycles. The van der Waals surface area contributed by atoms with Gasteiger partial charge >= 0.3 is 0 Å². The first kappa shape index (κ1) is 21.0. The number of rotatable bonds is 5. The van der Waals surface area contributed by atoms with Crippen LogP contribution in [-0.2, 0) is 0 Å². The van der Waals surface area contributed by atoms with Crippen molar-refractivity contribution in [3.63, 3.8) is 0 Å². The summed E-state index contributed by atoms with van der Waals surface area (Å²) < 4.78 is 0. The minimum Gasteiger partial charge on any atom is -0.0845 e. The largest absolute Gasteiger partial charge is 0.0845 e. The third kappa shape index (κ3) is 3.43. The monoisotopic (exact) mass is 384 g/mol. The second-order valence-corrected chi connectivity index (χ2v) is 12.6. The smallest absolute Gasteiger partial charge is 0.00851 e. The van der Waals surface area contributed by atoms with E-state index in [2.05, 4.69) is 47.6 Å². The Balaban J connectivity index is 1.49. The lowest BCUT2D eigenvalue weighted by atomic mass is 9.46. The van der Waals surface area contributed by atoms with Gasteiger partial charge < -0.3 is 0 Å². The van der Waals surface area contributed by atoms with Gasteiger partial charge in [0.15, 0.2) is 0 Å². The van der Waals surface area contributed by atoms with Gasteiger partial charge in [-0.2, -0.15) is 0 Å². The molecule has 8 atom stereocenters. The molecule has 0 aromatic carbocycles. The summed E-state index contributed by atoms with van der Waals surface area (Å²) in [4.78, 5) is 0. The molecular formula is C28H48. The zero-order valence-electron chi connectivity index (χ0n) is 19.9. The van der Waals surface area contributed by atoms with Crippen LogP contribution < -0.4 is 0 Å². The Kier molecular flexibility index (Phi) is 5.83. The van der Waals surface area contributed by atoms with Crippen LogP contribution in [0.4, 0.5) is 0 Å². The van der Waals surface area contributed by atoms with Gasteiger partial charge in [-0.05, 0) is 104 Å². The predicted molar refractivity (Wildman–Crippen MR) is 122 cm³/mol. The summed E-state index contributed by atoms with van der Waals surface area (Å²) in [6, 6.07) is 0. The molecule has 3 saturated carbocycles. The molecule has 0 N–H and O–H groups in total. The maximum atomic E-state index is 2.75. The zero-order valence-corrected chi connectivity index (χ0v) is 19.9.